The Labute approximate surface area is 133 Å². The van der Waals surface area contributed by atoms with Crippen LogP contribution in [0.5, 0.6) is 5.75 Å². The second kappa shape index (κ2) is 6.78. The summed E-state index contributed by atoms with van der Waals surface area (Å²) in [6.07, 6.45) is 5.48. The lowest BCUT2D eigenvalue weighted by molar-refractivity contribution is 0.0940. The summed E-state index contributed by atoms with van der Waals surface area (Å²) < 4.78 is 26.1. The number of amides is 1. The number of carbonyl (C=O) groups excluding carboxylic acids is 1. The molecule has 0 aliphatic carbocycles. The Morgan fingerprint density at radius 2 is 2.43 bits per heavy atom. The quantitative estimate of drug-likeness (QED) is 0.919. The van der Waals surface area contributed by atoms with Crippen LogP contribution in [0.1, 0.15) is 23.2 Å². The fraction of sp³-hybridized carbons (Fsp3) is 0.375. The number of hydrogen-bond donors (Lipinski definition) is 1. The van der Waals surface area contributed by atoms with Crippen LogP contribution in [0.2, 0.25) is 0 Å². The van der Waals surface area contributed by atoms with Gasteiger partial charge in [0.15, 0.2) is 0 Å². The van der Waals surface area contributed by atoms with Crippen LogP contribution in [0.3, 0.4) is 0 Å². The molecule has 1 unspecified atom stereocenters. The van der Waals surface area contributed by atoms with Gasteiger partial charge in [0.1, 0.15) is 11.6 Å². The standard InChI is InChI=1S/C16H18FN3O3/c1-22-12-4-5-14(15(17)7-12)16(21)19-11-8-18-20(9-11)10-13-3-2-6-23-13/h4-5,7-9,13H,2-3,6,10H2,1H3,(H,19,21). The Morgan fingerprint density at radius 3 is 3.13 bits per heavy atom. The van der Waals surface area contributed by atoms with E-state index in [0.717, 1.165) is 19.4 Å². The van der Waals surface area contributed by atoms with Crippen molar-refractivity contribution in [3.8, 4) is 5.75 Å². The number of rotatable bonds is 5. The highest BCUT2D eigenvalue weighted by Crippen LogP contribution is 2.18. The minimum Gasteiger partial charge on any atom is -0.497 e. The van der Waals surface area contributed by atoms with Gasteiger partial charge in [-0.05, 0) is 25.0 Å². The lowest BCUT2D eigenvalue weighted by Gasteiger charge is -2.08. The molecular weight excluding hydrogens is 301 g/mol. The maximum atomic E-state index is 13.9. The molecule has 1 atom stereocenters. The molecule has 1 amide bonds. The molecule has 23 heavy (non-hydrogen) atoms. The van der Waals surface area contributed by atoms with Crippen LogP contribution in [-0.4, -0.2) is 35.5 Å². The first-order valence-corrected chi connectivity index (χ1v) is 7.44. The molecule has 1 aliphatic rings. The van der Waals surface area contributed by atoms with E-state index in [1.807, 2.05) is 0 Å². The van der Waals surface area contributed by atoms with Gasteiger partial charge in [0.25, 0.3) is 5.91 Å². The molecule has 6 nitrogen and oxygen atoms in total. The van der Waals surface area contributed by atoms with Crippen LogP contribution in [-0.2, 0) is 11.3 Å². The van der Waals surface area contributed by atoms with Gasteiger partial charge in [0.2, 0.25) is 0 Å². The van der Waals surface area contributed by atoms with Crippen molar-refractivity contribution in [3.63, 3.8) is 0 Å². The van der Waals surface area contributed by atoms with E-state index in [1.54, 1.807) is 16.9 Å². The molecule has 2 aromatic rings. The molecule has 1 aromatic carbocycles. The van der Waals surface area contributed by atoms with E-state index in [9.17, 15) is 9.18 Å². The molecule has 2 heterocycles. The van der Waals surface area contributed by atoms with Crippen LogP contribution < -0.4 is 10.1 Å². The summed E-state index contributed by atoms with van der Waals surface area (Å²) in [6.45, 7) is 1.43. The van der Waals surface area contributed by atoms with E-state index in [2.05, 4.69) is 10.4 Å². The van der Waals surface area contributed by atoms with Gasteiger partial charge in [-0.1, -0.05) is 0 Å². The zero-order valence-electron chi connectivity index (χ0n) is 12.8. The van der Waals surface area contributed by atoms with Gasteiger partial charge in [-0.2, -0.15) is 5.10 Å². The van der Waals surface area contributed by atoms with Gasteiger partial charge in [-0.25, -0.2) is 4.39 Å². The largest absolute Gasteiger partial charge is 0.497 e. The van der Waals surface area contributed by atoms with Gasteiger partial charge in [-0.15, -0.1) is 0 Å². The first-order chi connectivity index (χ1) is 11.2. The first kappa shape index (κ1) is 15.5. The summed E-state index contributed by atoms with van der Waals surface area (Å²) in [7, 11) is 1.44. The SMILES string of the molecule is COc1ccc(C(=O)Nc2cnn(CC3CCCO3)c2)c(F)c1. The average molecular weight is 319 g/mol. The molecule has 0 bridgehead atoms. The molecule has 7 heteroatoms. The van der Waals surface area contributed by atoms with Crippen molar-refractivity contribution in [1.82, 2.24) is 9.78 Å². The molecule has 1 N–H and O–H groups in total. The number of anilines is 1. The fourth-order valence-corrected chi connectivity index (χ4v) is 2.53. The van der Waals surface area contributed by atoms with Crippen molar-refractivity contribution in [2.24, 2.45) is 0 Å². The van der Waals surface area contributed by atoms with E-state index < -0.39 is 11.7 Å². The molecule has 0 spiro atoms. The summed E-state index contributed by atoms with van der Waals surface area (Å²) in [5, 5.41) is 6.82. The van der Waals surface area contributed by atoms with Gasteiger partial charge in [-0.3, -0.25) is 9.48 Å². The summed E-state index contributed by atoms with van der Waals surface area (Å²) in [4.78, 5) is 12.1. The predicted octanol–water partition coefficient (Wildman–Crippen LogP) is 2.46. The lowest BCUT2D eigenvalue weighted by Crippen LogP contribution is -2.15. The third-order valence-electron chi connectivity index (χ3n) is 3.73. The van der Waals surface area contributed by atoms with Gasteiger partial charge in [0.05, 0.1) is 37.2 Å². The highest BCUT2D eigenvalue weighted by Gasteiger charge is 2.17. The second-order valence-electron chi connectivity index (χ2n) is 5.39. The molecule has 0 radical (unpaired) electrons. The number of carbonyl (C=O) groups is 1. The average Bonchev–Trinajstić information content (AvgIpc) is 3.19. The summed E-state index contributed by atoms with van der Waals surface area (Å²) in [5.74, 6) is -0.793. The first-order valence-electron chi connectivity index (χ1n) is 7.44. The van der Waals surface area contributed by atoms with Crippen LogP contribution in [0, 0.1) is 5.82 Å². The number of benzene rings is 1. The number of halogens is 1. The smallest absolute Gasteiger partial charge is 0.258 e. The maximum Gasteiger partial charge on any atom is 0.258 e. The molecule has 1 aliphatic heterocycles. The Bertz CT molecular complexity index is 696. The van der Waals surface area contributed by atoms with Crippen molar-refractivity contribution < 1.29 is 18.7 Å². The Balaban J connectivity index is 1.64. The van der Waals surface area contributed by atoms with E-state index in [-0.39, 0.29) is 11.7 Å². The normalized spacial score (nSPS) is 17.2. The van der Waals surface area contributed by atoms with E-state index in [0.29, 0.717) is 18.0 Å². The number of aromatic nitrogens is 2. The van der Waals surface area contributed by atoms with Crippen LogP contribution in [0.25, 0.3) is 0 Å². The number of nitrogens with zero attached hydrogens (tertiary/aromatic N) is 2. The predicted molar refractivity (Wildman–Crippen MR) is 82.1 cm³/mol. The zero-order valence-corrected chi connectivity index (χ0v) is 12.8. The van der Waals surface area contributed by atoms with Crippen LogP contribution >= 0.6 is 0 Å². The molecule has 122 valence electrons. The van der Waals surface area contributed by atoms with Crippen molar-refractivity contribution in [2.75, 3.05) is 19.0 Å². The molecule has 3 rings (SSSR count). The fourth-order valence-electron chi connectivity index (χ4n) is 2.53. The van der Waals surface area contributed by atoms with E-state index in [4.69, 9.17) is 9.47 Å². The third-order valence-corrected chi connectivity index (χ3v) is 3.73. The minimum absolute atomic E-state index is 0.0438. The minimum atomic E-state index is -0.631. The monoisotopic (exact) mass is 319 g/mol. The van der Waals surface area contributed by atoms with E-state index in [1.165, 1.54) is 25.4 Å². The number of ether oxygens (including phenoxy) is 2. The topological polar surface area (TPSA) is 65.4 Å². The van der Waals surface area contributed by atoms with Crippen LogP contribution in [0.4, 0.5) is 10.1 Å². The molecule has 1 fully saturated rings. The van der Waals surface area contributed by atoms with Crippen molar-refractivity contribution in [2.45, 2.75) is 25.5 Å². The van der Waals surface area contributed by atoms with Crippen molar-refractivity contribution in [1.29, 1.82) is 0 Å². The van der Waals surface area contributed by atoms with Gasteiger partial charge in [0, 0.05) is 18.9 Å². The van der Waals surface area contributed by atoms with Crippen molar-refractivity contribution in [3.05, 3.63) is 42.0 Å². The molecule has 1 saturated heterocycles. The van der Waals surface area contributed by atoms with E-state index >= 15 is 0 Å². The zero-order chi connectivity index (χ0) is 16.2. The number of nitrogens with one attached hydrogen (secondary N) is 1. The Hall–Kier alpha value is -2.41. The van der Waals surface area contributed by atoms with Gasteiger partial charge < -0.3 is 14.8 Å². The summed E-state index contributed by atoms with van der Waals surface area (Å²) in [5.41, 5.74) is 0.473. The van der Waals surface area contributed by atoms with Gasteiger partial charge >= 0.3 is 0 Å². The Kier molecular flexibility index (Phi) is 4.57. The lowest BCUT2D eigenvalue weighted by atomic mass is 10.2. The highest BCUT2D eigenvalue weighted by atomic mass is 19.1. The number of methoxy groups -OCH3 is 1. The van der Waals surface area contributed by atoms with Crippen molar-refractivity contribution >= 4 is 11.6 Å². The molecule has 0 saturated carbocycles. The third kappa shape index (κ3) is 3.68. The number of hydrogen-bond acceptors (Lipinski definition) is 4. The highest BCUT2D eigenvalue weighted by molar-refractivity contribution is 6.04. The summed E-state index contributed by atoms with van der Waals surface area (Å²) >= 11 is 0. The Morgan fingerprint density at radius 1 is 1.57 bits per heavy atom. The van der Waals surface area contributed by atoms with Crippen LogP contribution in [0.15, 0.2) is 30.6 Å². The maximum absolute atomic E-state index is 13.9. The second-order valence-corrected chi connectivity index (χ2v) is 5.39. The molecular formula is C16H18FN3O3. The molecule has 1 aromatic heterocycles. The summed E-state index contributed by atoms with van der Waals surface area (Å²) in [6, 6.07) is 4.11.